The topological polar surface area (TPSA) is 39.9 Å². The summed E-state index contributed by atoms with van der Waals surface area (Å²) < 4.78 is 7.95. The Balaban J connectivity index is 1.58. The van der Waals surface area contributed by atoms with Gasteiger partial charge in [0.1, 0.15) is 12.4 Å². The van der Waals surface area contributed by atoms with Gasteiger partial charge in [0.15, 0.2) is 11.0 Å². The van der Waals surface area contributed by atoms with Gasteiger partial charge in [0.2, 0.25) is 0 Å². The van der Waals surface area contributed by atoms with E-state index in [4.69, 9.17) is 16.3 Å². The molecule has 0 aliphatic rings. The molecule has 0 aliphatic heterocycles. The average Bonchev–Trinajstić information content (AvgIpc) is 3.16. The fourth-order valence-corrected chi connectivity index (χ4v) is 3.98. The molecule has 6 heteroatoms. The van der Waals surface area contributed by atoms with Crippen molar-refractivity contribution in [1.29, 1.82) is 0 Å². The van der Waals surface area contributed by atoms with Crippen LogP contribution in [0.3, 0.4) is 0 Å². The molecule has 4 rings (SSSR count). The van der Waals surface area contributed by atoms with E-state index in [0.29, 0.717) is 10.8 Å². The number of nitrogens with zero attached hydrogens (tertiary/aromatic N) is 3. The predicted octanol–water partition coefficient (Wildman–Crippen LogP) is 6.10. The van der Waals surface area contributed by atoms with E-state index in [1.54, 1.807) is 11.8 Å². The third-order valence-corrected chi connectivity index (χ3v) is 5.71. The lowest BCUT2D eigenvalue weighted by atomic mass is 10.2. The molecule has 0 aliphatic carbocycles. The predicted molar refractivity (Wildman–Crippen MR) is 118 cm³/mol. The number of ether oxygens (including phenoxy) is 1. The van der Waals surface area contributed by atoms with Crippen molar-refractivity contribution >= 4 is 23.4 Å². The van der Waals surface area contributed by atoms with Crippen molar-refractivity contribution in [3.63, 3.8) is 0 Å². The van der Waals surface area contributed by atoms with Gasteiger partial charge < -0.3 is 4.74 Å². The Labute approximate surface area is 179 Å². The minimum absolute atomic E-state index is 0.275. The summed E-state index contributed by atoms with van der Waals surface area (Å²) in [6.45, 7) is 2.37. The zero-order valence-corrected chi connectivity index (χ0v) is 17.5. The molecule has 0 atom stereocenters. The Morgan fingerprint density at radius 3 is 2.38 bits per heavy atom. The highest BCUT2D eigenvalue weighted by Crippen LogP contribution is 2.27. The Morgan fingerprint density at radius 2 is 1.62 bits per heavy atom. The molecule has 0 spiro atoms. The van der Waals surface area contributed by atoms with Crippen LogP contribution in [0.1, 0.15) is 17.0 Å². The van der Waals surface area contributed by atoms with Gasteiger partial charge in [-0.25, -0.2) is 0 Å². The number of hydrogen-bond acceptors (Lipinski definition) is 4. The standard InChI is InChI=1S/C23H20ClN3OS/c1-17-11-13-18(14-12-17)16-29-23-26-25-22(27(23)19-7-3-2-4-8-19)15-28-21-10-6-5-9-20(21)24/h2-14H,15-16H2,1H3. The van der Waals surface area contributed by atoms with Crippen molar-refractivity contribution in [2.75, 3.05) is 0 Å². The van der Waals surface area contributed by atoms with E-state index in [0.717, 1.165) is 22.4 Å². The second-order valence-corrected chi connectivity index (χ2v) is 7.91. The molecule has 0 N–H and O–H groups in total. The van der Waals surface area contributed by atoms with Crippen molar-refractivity contribution in [3.05, 3.63) is 101 Å². The lowest BCUT2D eigenvalue weighted by Gasteiger charge is -2.12. The molecule has 0 saturated carbocycles. The molecular formula is C23H20ClN3OS. The molecular weight excluding hydrogens is 402 g/mol. The molecule has 0 unspecified atom stereocenters. The first kappa shape index (κ1) is 19.6. The summed E-state index contributed by atoms with van der Waals surface area (Å²) in [5, 5.41) is 10.2. The largest absolute Gasteiger partial charge is 0.484 e. The monoisotopic (exact) mass is 421 g/mol. The molecule has 0 saturated heterocycles. The molecule has 29 heavy (non-hydrogen) atoms. The number of benzene rings is 3. The number of hydrogen-bond donors (Lipinski definition) is 0. The second-order valence-electron chi connectivity index (χ2n) is 6.56. The van der Waals surface area contributed by atoms with Crippen molar-refractivity contribution < 1.29 is 4.74 Å². The maximum Gasteiger partial charge on any atom is 0.196 e. The van der Waals surface area contributed by atoms with E-state index in [-0.39, 0.29) is 6.61 Å². The molecule has 0 bridgehead atoms. The van der Waals surface area contributed by atoms with E-state index in [1.165, 1.54) is 11.1 Å². The average molecular weight is 422 g/mol. The highest BCUT2D eigenvalue weighted by molar-refractivity contribution is 7.98. The summed E-state index contributed by atoms with van der Waals surface area (Å²) in [6.07, 6.45) is 0. The molecule has 1 aromatic heterocycles. The van der Waals surface area contributed by atoms with Gasteiger partial charge in [-0.1, -0.05) is 83.5 Å². The van der Waals surface area contributed by atoms with Crippen molar-refractivity contribution in [1.82, 2.24) is 14.8 Å². The fourth-order valence-electron chi connectivity index (χ4n) is 2.86. The van der Waals surface area contributed by atoms with Crippen LogP contribution in [0.5, 0.6) is 5.75 Å². The number of rotatable bonds is 7. The van der Waals surface area contributed by atoms with E-state index in [1.807, 2.05) is 59.2 Å². The van der Waals surface area contributed by atoms with Crippen LogP contribution in [-0.2, 0) is 12.4 Å². The molecule has 1 heterocycles. The molecule has 4 aromatic rings. The summed E-state index contributed by atoms with van der Waals surface area (Å²) in [6, 6.07) is 26.0. The van der Waals surface area contributed by atoms with Crippen LogP contribution in [0, 0.1) is 6.92 Å². The number of aromatic nitrogens is 3. The van der Waals surface area contributed by atoms with Gasteiger partial charge in [0, 0.05) is 11.4 Å². The lowest BCUT2D eigenvalue weighted by molar-refractivity contribution is 0.293. The van der Waals surface area contributed by atoms with E-state index >= 15 is 0 Å². The van der Waals surface area contributed by atoms with E-state index < -0.39 is 0 Å². The van der Waals surface area contributed by atoms with Crippen molar-refractivity contribution in [2.45, 2.75) is 24.4 Å². The van der Waals surface area contributed by atoms with Crippen LogP contribution in [0.25, 0.3) is 5.69 Å². The SMILES string of the molecule is Cc1ccc(CSc2nnc(COc3ccccc3Cl)n2-c2ccccc2)cc1. The Kier molecular flexibility index (Phi) is 6.17. The first-order chi connectivity index (χ1) is 14.2. The quantitative estimate of drug-likeness (QED) is 0.338. The number of thioether (sulfide) groups is 1. The Morgan fingerprint density at radius 1 is 0.897 bits per heavy atom. The van der Waals surface area contributed by atoms with Crippen LogP contribution in [-0.4, -0.2) is 14.8 Å². The smallest absolute Gasteiger partial charge is 0.196 e. The van der Waals surface area contributed by atoms with Crippen LogP contribution in [0.15, 0.2) is 84.0 Å². The molecule has 4 nitrogen and oxygen atoms in total. The van der Waals surface area contributed by atoms with E-state index in [2.05, 4.69) is 41.4 Å². The summed E-state index contributed by atoms with van der Waals surface area (Å²) in [5.41, 5.74) is 3.50. The first-order valence-corrected chi connectivity index (χ1v) is 10.6. The fraction of sp³-hybridized carbons (Fsp3) is 0.130. The van der Waals surface area contributed by atoms with Crippen LogP contribution < -0.4 is 4.74 Å². The second kappa shape index (κ2) is 9.16. The van der Waals surface area contributed by atoms with Crippen molar-refractivity contribution in [2.24, 2.45) is 0 Å². The Bertz CT molecular complexity index is 1080. The first-order valence-electron chi connectivity index (χ1n) is 9.26. The summed E-state index contributed by atoms with van der Waals surface area (Å²) in [4.78, 5) is 0. The molecule has 0 radical (unpaired) electrons. The summed E-state index contributed by atoms with van der Waals surface area (Å²) in [7, 11) is 0. The molecule has 0 amide bonds. The number of para-hydroxylation sites is 2. The van der Waals surface area contributed by atoms with Crippen molar-refractivity contribution in [3.8, 4) is 11.4 Å². The molecule has 0 fully saturated rings. The van der Waals surface area contributed by atoms with Gasteiger partial charge >= 0.3 is 0 Å². The highest BCUT2D eigenvalue weighted by Gasteiger charge is 2.15. The van der Waals surface area contributed by atoms with Gasteiger partial charge in [0.25, 0.3) is 0 Å². The zero-order chi connectivity index (χ0) is 20.1. The third kappa shape index (κ3) is 4.81. The third-order valence-electron chi connectivity index (χ3n) is 4.40. The molecule has 3 aromatic carbocycles. The summed E-state index contributed by atoms with van der Waals surface area (Å²) >= 11 is 7.86. The van der Waals surface area contributed by atoms with Gasteiger partial charge in [-0.2, -0.15) is 0 Å². The molecule has 146 valence electrons. The van der Waals surface area contributed by atoms with Gasteiger partial charge in [-0.15, -0.1) is 10.2 Å². The van der Waals surface area contributed by atoms with Crippen LogP contribution in [0.2, 0.25) is 5.02 Å². The number of aryl methyl sites for hydroxylation is 1. The van der Waals surface area contributed by atoms with E-state index in [9.17, 15) is 0 Å². The van der Waals surface area contributed by atoms with Gasteiger partial charge in [0.05, 0.1) is 5.02 Å². The minimum atomic E-state index is 0.275. The maximum atomic E-state index is 6.21. The lowest BCUT2D eigenvalue weighted by Crippen LogP contribution is -2.06. The van der Waals surface area contributed by atoms with Crippen LogP contribution in [0.4, 0.5) is 0 Å². The highest BCUT2D eigenvalue weighted by atomic mass is 35.5. The maximum absolute atomic E-state index is 6.21. The van der Waals surface area contributed by atoms with Gasteiger partial charge in [-0.3, -0.25) is 4.57 Å². The van der Waals surface area contributed by atoms with Gasteiger partial charge in [-0.05, 0) is 36.8 Å². The Hall–Kier alpha value is -2.76. The normalized spacial score (nSPS) is 10.8. The van der Waals surface area contributed by atoms with Crippen LogP contribution >= 0.6 is 23.4 Å². The summed E-state index contributed by atoms with van der Waals surface area (Å²) in [5.74, 6) is 2.17. The zero-order valence-electron chi connectivity index (χ0n) is 16.0. The minimum Gasteiger partial charge on any atom is -0.484 e. The number of halogens is 1.